The molecule has 152 valence electrons. The number of nitrogens with zero attached hydrogens (tertiary/aromatic N) is 2. The average Bonchev–Trinajstić information content (AvgIpc) is 3.19. The first-order valence-corrected chi connectivity index (χ1v) is 9.51. The van der Waals surface area contributed by atoms with Crippen LogP contribution in [0.25, 0.3) is 0 Å². The summed E-state index contributed by atoms with van der Waals surface area (Å²) in [5, 5.41) is 3.11. The van der Waals surface area contributed by atoms with Crippen molar-refractivity contribution in [1.82, 2.24) is 5.32 Å². The minimum absolute atomic E-state index is 0.250. The van der Waals surface area contributed by atoms with E-state index >= 15 is 0 Å². The number of hydrogen-bond acceptors (Lipinski definition) is 3. The number of rotatable bonds is 4. The van der Waals surface area contributed by atoms with Crippen molar-refractivity contribution in [3.05, 3.63) is 107 Å². The molecule has 3 aromatic carbocycles. The van der Waals surface area contributed by atoms with Crippen LogP contribution in [-0.2, 0) is 6.18 Å². The van der Waals surface area contributed by atoms with E-state index in [0.29, 0.717) is 18.1 Å². The van der Waals surface area contributed by atoms with Gasteiger partial charge >= 0.3 is 6.18 Å². The lowest BCUT2D eigenvalue weighted by molar-refractivity contribution is -0.137. The highest BCUT2D eigenvalue weighted by Gasteiger charge is 2.32. The zero-order chi connectivity index (χ0) is 21.1. The van der Waals surface area contributed by atoms with Crippen molar-refractivity contribution >= 4 is 17.1 Å². The molecular formula is C24H20F3N3. The molecule has 0 bridgehead atoms. The summed E-state index contributed by atoms with van der Waals surface area (Å²) in [6.45, 7) is 2.29. The van der Waals surface area contributed by atoms with Gasteiger partial charge in [0.05, 0.1) is 23.6 Å². The zero-order valence-electron chi connectivity index (χ0n) is 16.3. The van der Waals surface area contributed by atoms with Gasteiger partial charge in [-0.15, -0.1) is 0 Å². The first-order valence-electron chi connectivity index (χ1n) is 9.51. The molecule has 0 aromatic heterocycles. The quantitative estimate of drug-likeness (QED) is 0.529. The zero-order valence-corrected chi connectivity index (χ0v) is 16.3. The molecule has 1 N–H and O–H groups in total. The molecule has 6 heteroatoms. The average molecular weight is 407 g/mol. The molecule has 0 saturated carbocycles. The maximum atomic E-state index is 13.6. The van der Waals surface area contributed by atoms with Gasteiger partial charge < -0.3 is 10.2 Å². The van der Waals surface area contributed by atoms with Gasteiger partial charge in [-0.1, -0.05) is 60.7 Å². The topological polar surface area (TPSA) is 27.6 Å². The van der Waals surface area contributed by atoms with Crippen molar-refractivity contribution in [1.29, 1.82) is 0 Å². The Hall–Kier alpha value is -3.54. The molecule has 3 nitrogen and oxygen atoms in total. The fourth-order valence-corrected chi connectivity index (χ4v) is 3.31. The molecule has 0 radical (unpaired) electrons. The van der Waals surface area contributed by atoms with Crippen molar-refractivity contribution in [3.63, 3.8) is 0 Å². The third-order valence-corrected chi connectivity index (χ3v) is 4.77. The van der Waals surface area contributed by atoms with Gasteiger partial charge in [-0.3, -0.25) is 0 Å². The fourth-order valence-electron chi connectivity index (χ4n) is 3.31. The summed E-state index contributed by atoms with van der Waals surface area (Å²) in [4.78, 5) is 6.42. The maximum absolute atomic E-state index is 13.6. The van der Waals surface area contributed by atoms with Gasteiger partial charge in [-0.25, -0.2) is 4.99 Å². The number of alkyl halides is 3. The second-order valence-electron chi connectivity index (χ2n) is 7.05. The molecule has 1 heterocycles. The lowest BCUT2D eigenvalue weighted by Gasteiger charge is -2.18. The number of anilines is 1. The molecule has 0 amide bonds. The second-order valence-corrected chi connectivity index (χ2v) is 7.05. The molecule has 0 fully saturated rings. The molecule has 30 heavy (non-hydrogen) atoms. The van der Waals surface area contributed by atoms with Crippen LogP contribution in [0.1, 0.15) is 23.6 Å². The number of aliphatic imine (C=N–C) groups is 1. The highest BCUT2D eigenvalue weighted by molar-refractivity contribution is 6.14. The predicted molar refractivity (Wildman–Crippen MR) is 114 cm³/mol. The van der Waals surface area contributed by atoms with Crippen molar-refractivity contribution in [2.45, 2.75) is 13.1 Å². The number of nitrogens with one attached hydrogen (secondary N) is 1. The van der Waals surface area contributed by atoms with Crippen LogP contribution >= 0.6 is 0 Å². The molecule has 1 aliphatic rings. The number of allylic oxidation sites excluding steroid dienone is 1. The SMILES string of the molecule is CC1=CN(c2cc(N=C(c3ccccc3)c3ccccc3)cc(C(F)(F)F)c2)CN1. The van der Waals surface area contributed by atoms with Crippen LogP contribution in [0.15, 0.2) is 95.8 Å². The molecule has 0 spiro atoms. The Morgan fingerprint density at radius 2 is 1.50 bits per heavy atom. The van der Waals surface area contributed by atoms with Crippen LogP contribution in [0, 0.1) is 0 Å². The highest BCUT2D eigenvalue weighted by atomic mass is 19.4. The molecule has 0 saturated heterocycles. The van der Waals surface area contributed by atoms with Crippen LogP contribution in [0.2, 0.25) is 0 Å². The van der Waals surface area contributed by atoms with Crippen molar-refractivity contribution in [3.8, 4) is 0 Å². The molecule has 0 unspecified atom stereocenters. The second kappa shape index (κ2) is 8.06. The van der Waals surface area contributed by atoms with E-state index < -0.39 is 11.7 Å². The summed E-state index contributed by atoms with van der Waals surface area (Å²) in [6.07, 6.45) is -2.68. The smallest absolute Gasteiger partial charge is 0.370 e. The van der Waals surface area contributed by atoms with Crippen LogP contribution in [0.5, 0.6) is 0 Å². The first-order chi connectivity index (χ1) is 14.4. The Balaban J connectivity index is 1.87. The van der Waals surface area contributed by atoms with Crippen molar-refractivity contribution in [2.24, 2.45) is 4.99 Å². The first kappa shape index (κ1) is 19.8. The molecule has 3 aromatic rings. The van der Waals surface area contributed by atoms with Gasteiger partial charge in [-0.05, 0) is 25.1 Å². The van der Waals surface area contributed by atoms with Crippen LogP contribution in [-0.4, -0.2) is 12.4 Å². The van der Waals surface area contributed by atoms with Crippen molar-refractivity contribution < 1.29 is 13.2 Å². The van der Waals surface area contributed by atoms with Gasteiger partial charge in [0.25, 0.3) is 0 Å². The lowest BCUT2D eigenvalue weighted by atomic mass is 10.0. The fraction of sp³-hybridized carbons (Fsp3) is 0.125. The summed E-state index contributed by atoms with van der Waals surface area (Å²) in [7, 11) is 0. The Labute approximate surface area is 173 Å². The van der Waals surface area contributed by atoms with E-state index in [9.17, 15) is 13.2 Å². The minimum atomic E-state index is -4.47. The monoisotopic (exact) mass is 407 g/mol. The number of hydrogen-bond donors (Lipinski definition) is 1. The third-order valence-electron chi connectivity index (χ3n) is 4.77. The normalized spacial score (nSPS) is 13.6. The van der Waals surface area contributed by atoms with Crippen LogP contribution < -0.4 is 10.2 Å². The van der Waals surface area contributed by atoms with E-state index in [1.54, 1.807) is 17.2 Å². The molecule has 1 aliphatic heterocycles. The van der Waals surface area contributed by atoms with Crippen LogP contribution in [0.4, 0.5) is 24.5 Å². The summed E-state index contributed by atoms with van der Waals surface area (Å²) in [6, 6.07) is 22.8. The maximum Gasteiger partial charge on any atom is 0.416 e. The van der Waals surface area contributed by atoms with E-state index in [1.165, 1.54) is 0 Å². The van der Waals surface area contributed by atoms with E-state index in [1.807, 2.05) is 67.6 Å². The van der Waals surface area contributed by atoms with Gasteiger partial charge in [0, 0.05) is 28.7 Å². The van der Waals surface area contributed by atoms with E-state index in [-0.39, 0.29) is 5.69 Å². The molecule has 0 aliphatic carbocycles. The van der Waals surface area contributed by atoms with Crippen molar-refractivity contribution in [2.75, 3.05) is 11.6 Å². The Morgan fingerprint density at radius 3 is 2.00 bits per heavy atom. The molecular weight excluding hydrogens is 387 g/mol. The van der Waals surface area contributed by atoms with Gasteiger partial charge in [-0.2, -0.15) is 13.2 Å². The number of halogens is 3. The summed E-state index contributed by atoms with van der Waals surface area (Å²) < 4.78 is 40.8. The Morgan fingerprint density at radius 1 is 0.900 bits per heavy atom. The summed E-state index contributed by atoms with van der Waals surface area (Å²) in [5.74, 6) is 0. The summed E-state index contributed by atoms with van der Waals surface area (Å²) >= 11 is 0. The third kappa shape index (κ3) is 4.38. The Kier molecular flexibility index (Phi) is 5.31. The summed E-state index contributed by atoms with van der Waals surface area (Å²) in [5.41, 5.74) is 3.15. The Bertz CT molecular complexity index is 1050. The molecule has 0 atom stereocenters. The molecule has 4 rings (SSSR count). The van der Waals surface area contributed by atoms with Crippen LogP contribution in [0.3, 0.4) is 0 Å². The minimum Gasteiger partial charge on any atom is -0.370 e. The van der Waals surface area contributed by atoms with E-state index in [4.69, 9.17) is 0 Å². The standard InChI is InChI=1S/C24H20F3N3/c1-17-15-30(16-28-17)22-13-20(24(25,26)27)12-21(14-22)29-23(18-8-4-2-5-9-18)19-10-6-3-7-11-19/h2-15,28H,16H2,1H3. The predicted octanol–water partition coefficient (Wildman–Crippen LogP) is 6.10. The highest BCUT2D eigenvalue weighted by Crippen LogP contribution is 2.36. The van der Waals surface area contributed by atoms with Gasteiger partial charge in [0.1, 0.15) is 0 Å². The van der Waals surface area contributed by atoms with Gasteiger partial charge in [0.15, 0.2) is 0 Å². The van der Waals surface area contributed by atoms with E-state index in [2.05, 4.69) is 10.3 Å². The number of benzene rings is 3. The lowest BCUT2D eigenvalue weighted by Crippen LogP contribution is -2.20. The van der Waals surface area contributed by atoms with Gasteiger partial charge in [0.2, 0.25) is 0 Å². The van der Waals surface area contributed by atoms with E-state index in [0.717, 1.165) is 29.0 Å². The largest absolute Gasteiger partial charge is 0.416 e.